The zero-order valence-corrected chi connectivity index (χ0v) is 11.4. The van der Waals surface area contributed by atoms with E-state index in [1.807, 2.05) is 0 Å². The van der Waals surface area contributed by atoms with Crippen molar-refractivity contribution in [2.45, 2.75) is 17.9 Å². The maximum absolute atomic E-state index is 12.4. The highest BCUT2D eigenvalue weighted by molar-refractivity contribution is 7.89. The third-order valence-corrected chi connectivity index (χ3v) is 5.34. The predicted octanol–water partition coefficient (Wildman–Crippen LogP) is -0.433. The molecule has 0 saturated carbocycles. The Bertz CT molecular complexity index is 572. The second-order valence-electron chi connectivity index (χ2n) is 4.50. The number of nitrogens with two attached hydrogens (primary N) is 1. The lowest BCUT2D eigenvalue weighted by Crippen LogP contribution is -2.42. The minimum Gasteiger partial charge on any atom is -0.409 e. The van der Waals surface area contributed by atoms with Gasteiger partial charge in [0.05, 0.1) is 6.20 Å². The SMILES string of the molecule is Cn1nccc1S(=O)(=O)N1CCC(/C(N)=N/O)CC1. The predicted molar refractivity (Wildman–Crippen MR) is 68.1 cm³/mol. The first-order chi connectivity index (χ1) is 8.96. The fourth-order valence-corrected chi connectivity index (χ4v) is 3.79. The molecule has 1 aliphatic rings. The van der Waals surface area contributed by atoms with Gasteiger partial charge in [0.2, 0.25) is 0 Å². The molecule has 0 radical (unpaired) electrons. The Morgan fingerprint density at radius 3 is 2.63 bits per heavy atom. The van der Waals surface area contributed by atoms with Crippen LogP contribution in [0.5, 0.6) is 0 Å². The van der Waals surface area contributed by atoms with E-state index in [1.165, 1.54) is 21.3 Å². The van der Waals surface area contributed by atoms with E-state index in [4.69, 9.17) is 10.9 Å². The summed E-state index contributed by atoms with van der Waals surface area (Å²) >= 11 is 0. The van der Waals surface area contributed by atoms with Gasteiger partial charge in [-0.15, -0.1) is 0 Å². The van der Waals surface area contributed by atoms with Gasteiger partial charge in [-0.25, -0.2) is 8.42 Å². The first-order valence-electron chi connectivity index (χ1n) is 5.92. The fourth-order valence-electron chi connectivity index (χ4n) is 2.22. The van der Waals surface area contributed by atoms with Gasteiger partial charge in [0.25, 0.3) is 10.0 Å². The molecule has 3 N–H and O–H groups in total. The van der Waals surface area contributed by atoms with Gasteiger partial charge < -0.3 is 10.9 Å². The topological polar surface area (TPSA) is 114 Å². The van der Waals surface area contributed by atoms with Crippen molar-refractivity contribution < 1.29 is 13.6 Å². The van der Waals surface area contributed by atoms with Crippen LogP contribution in [0.4, 0.5) is 0 Å². The Hall–Kier alpha value is -1.61. The summed E-state index contributed by atoms with van der Waals surface area (Å²) in [7, 11) is -1.92. The third kappa shape index (κ3) is 2.56. The number of hydrogen-bond donors (Lipinski definition) is 2. The Kier molecular flexibility index (Phi) is 3.76. The van der Waals surface area contributed by atoms with Crippen molar-refractivity contribution in [1.82, 2.24) is 14.1 Å². The van der Waals surface area contributed by atoms with Crippen molar-refractivity contribution in [3.05, 3.63) is 12.3 Å². The van der Waals surface area contributed by atoms with Gasteiger partial charge in [0.15, 0.2) is 5.03 Å². The summed E-state index contributed by atoms with van der Waals surface area (Å²) in [5.74, 6) is 0.0977. The molecule has 0 spiro atoms. The van der Waals surface area contributed by atoms with Crippen LogP contribution in [0.3, 0.4) is 0 Å². The van der Waals surface area contributed by atoms with Crippen molar-refractivity contribution in [3.8, 4) is 0 Å². The van der Waals surface area contributed by atoms with Gasteiger partial charge >= 0.3 is 0 Å². The van der Waals surface area contributed by atoms with Gasteiger partial charge in [0.1, 0.15) is 5.84 Å². The third-order valence-electron chi connectivity index (χ3n) is 3.37. The molecule has 0 aliphatic carbocycles. The molecular formula is C10H17N5O3S. The van der Waals surface area contributed by atoms with Crippen LogP contribution in [0.25, 0.3) is 0 Å². The van der Waals surface area contributed by atoms with Crippen LogP contribution >= 0.6 is 0 Å². The van der Waals surface area contributed by atoms with Crippen molar-refractivity contribution in [2.75, 3.05) is 13.1 Å². The Morgan fingerprint density at radius 2 is 2.16 bits per heavy atom. The van der Waals surface area contributed by atoms with E-state index < -0.39 is 10.0 Å². The molecule has 2 heterocycles. The molecule has 0 aromatic carbocycles. The van der Waals surface area contributed by atoms with Gasteiger partial charge in [-0.05, 0) is 18.9 Å². The molecule has 19 heavy (non-hydrogen) atoms. The van der Waals surface area contributed by atoms with E-state index in [0.29, 0.717) is 25.9 Å². The van der Waals surface area contributed by atoms with Crippen LogP contribution < -0.4 is 5.73 Å². The minimum atomic E-state index is -3.51. The molecule has 9 heteroatoms. The first kappa shape index (κ1) is 13.8. The molecule has 1 aromatic rings. The smallest absolute Gasteiger partial charge is 0.260 e. The molecular weight excluding hydrogens is 270 g/mol. The van der Waals surface area contributed by atoms with Crippen LogP contribution in [-0.2, 0) is 17.1 Å². The molecule has 8 nitrogen and oxygen atoms in total. The number of aromatic nitrogens is 2. The number of aryl methyl sites for hydroxylation is 1. The molecule has 1 aromatic heterocycles. The highest BCUT2D eigenvalue weighted by atomic mass is 32.2. The standard InChI is InChI=1S/C10H17N5O3S/c1-14-9(2-5-12-14)19(17,18)15-6-3-8(4-7-15)10(11)13-16/h2,5,8,16H,3-4,6-7H2,1H3,(H2,11,13). The molecule has 1 aliphatic heterocycles. The van der Waals surface area contributed by atoms with Gasteiger partial charge in [-0.3, -0.25) is 4.68 Å². The van der Waals surface area contributed by atoms with Crippen LogP contribution in [0.15, 0.2) is 22.4 Å². The van der Waals surface area contributed by atoms with Crippen molar-refractivity contribution in [2.24, 2.45) is 23.9 Å². The van der Waals surface area contributed by atoms with E-state index >= 15 is 0 Å². The Balaban J connectivity index is 2.12. The number of sulfonamides is 1. The second kappa shape index (κ2) is 5.17. The molecule has 0 bridgehead atoms. The van der Waals surface area contributed by atoms with E-state index in [1.54, 1.807) is 7.05 Å². The zero-order chi connectivity index (χ0) is 14.0. The monoisotopic (exact) mass is 287 g/mol. The van der Waals surface area contributed by atoms with Crippen molar-refractivity contribution in [3.63, 3.8) is 0 Å². The fraction of sp³-hybridized carbons (Fsp3) is 0.600. The lowest BCUT2D eigenvalue weighted by molar-refractivity contribution is 0.290. The maximum Gasteiger partial charge on any atom is 0.260 e. The van der Waals surface area contributed by atoms with Crippen molar-refractivity contribution >= 4 is 15.9 Å². The van der Waals surface area contributed by atoms with Gasteiger partial charge in [0, 0.05) is 26.1 Å². The summed E-state index contributed by atoms with van der Waals surface area (Å²) in [6.45, 7) is 0.711. The van der Waals surface area contributed by atoms with Crippen LogP contribution in [0.2, 0.25) is 0 Å². The molecule has 0 amide bonds. The molecule has 1 saturated heterocycles. The van der Waals surface area contributed by atoms with Crippen LogP contribution in [-0.4, -0.2) is 46.6 Å². The van der Waals surface area contributed by atoms with E-state index in [0.717, 1.165) is 0 Å². The Labute approximate surface area is 111 Å². The highest BCUT2D eigenvalue weighted by Gasteiger charge is 2.32. The summed E-state index contributed by atoms with van der Waals surface area (Å²) < 4.78 is 27.5. The molecule has 2 rings (SSSR count). The number of amidine groups is 1. The highest BCUT2D eigenvalue weighted by Crippen LogP contribution is 2.23. The lowest BCUT2D eigenvalue weighted by Gasteiger charge is -2.30. The zero-order valence-electron chi connectivity index (χ0n) is 10.6. The molecule has 0 atom stereocenters. The van der Waals surface area contributed by atoms with E-state index in [2.05, 4.69) is 10.3 Å². The summed E-state index contributed by atoms with van der Waals surface area (Å²) in [6, 6.07) is 1.48. The lowest BCUT2D eigenvalue weighted by atomic mass is 9.97. The largest absolute Gasteiger partial charge is 0.409 e. The summed E-state index contributed by atoms with van der Waals surface area (Å²) in [4.78, 5) is 0. The van der Waals surface area contributed by atoms with Gasteiger partial charge in [-0.2, -0.15) is 9.40 Å². The number of oxime groups is 1. The van der Waals surface area contributed by atoms with Crippen LogP contribution in [0, 0.1) is 5.92 Å². The van der Waals surface area contributed by atoms with Crippen molar-refractivity contribution in [1.29, 1.82) is 0 Å². The molecule has 1 fully saturated rings. The maximum atomic E-state index is 12.4. The number of nitrogens with zero attached hydrogens (tertiary/aromatic N) is 4. The number of rotatable bonds is 3. The average Bonchev–Trinajstić information content (AvgIpc) is 2.85. The summed E-state index contributed by atoms with van der Waals surface area (Å²) in [5.41, 5.74) is 5.54. The van der Waals surface area contributed by atoms with Crippen LogP contribution in [0.1, 0.15) is 12.8 Å². The minimum absolute atomic E-state index is 0.0667. The molecule has 0 unspecified atom stereocenters. The van der Waals surface area contributed by atoms with E-state index in [9.17, 15) is 8.42 Å². The quantitative estimate of drug-likeness (QED) is 0.339. The average molecular weight is 287 g/mol. The number of hydrogen-bond acceptors (Lipinski definition) is 5. The van der Waals surface area contributed by atoms with E-state index in [-0.39, 0.29) is 16.8 Å². The second-order valence-corrected chi connectivity index (χ2v) is 6.38. The first-order valence-corrected chi connectivity index (χ1v) is 7.36. The van der Waals surface area contributed by atoms with Gasteiger partial charge in [-0.1, -0.05) is 5.16 Å². The summed E-state index contributed by atoms with van der Waals surface area (Å²) in [6.07, 6.45) is 2.55. The normalized spacial score (nSPS) is 19.7. The molecule has 106 valence electrons. The summed E-state index contributed by atoms with van der Waals surface area (Å²) in [5, 5.41) is 15.6. The number of piperidine rings is 1. The Morgan fingerprint density at radius 1 is 1.53 bits per heavy atom.